The van der Waals surface area contributed by atoms with Crippen LogP contribution in [0.3, 0.4) is 0 Å². The Kier molecular flexibility index (Phi) is 3.68. The lowest BCUT2D eigenvalue weighted by atomic mass is 9.99. The lowest BCUT2D eigenvalue weighted by molar-refractivity contribution is 0.622. The van der Waals surface area contributed by atoms with E-state index in [9.17, 15) is 0 Å². The van der Waals surface area contributed by atoms with Crippen molar-refractivity contribution in [1.29, 1.82) is 0 Å². The number of nitrogens with one attached hydrogen (secondary N) is 1. The summed E-state index contributed by atoms with van der Waals surface area (Å²) in [4.78, 5) is 8.61. The van der Waals surface area contributed by atoms with Crippen molar-refractivity contribution >= 4 is 5.82 Å². The Labute approximate surface area is 79.6 Å². The van der Waals surface area contributed by atoms with Crippen LogP contribution in [0, 0.1) is 0 Å². The summed E-state index contributed by atoms with van der Waals surface area (Å²) in [5.74, 6) is 1.44. The van der Waals surface area contributed by atoms with Crippen LogP contribution in [-0.4, -0.2) is 17.0 Å². The van der Waals surface area contributed by atoms with Crippen molar-refractivity contribution in [3.05, 3.63) is 18.1 Å². The topological polar surface area (TPSA) is 37.8 Å². The van der Waals surface area contributed by atoms with Gasteiger partial charge in [0.05, 0.1) is 5.69 Å². The number of nitrogens with zero attached hydrogens (tertiary/aromatic N) is 2. The second-order valence-electron chi connectivity index (χ2n) is 3.05. The van der Waals surface area contributed by atoms with Gasteiger partial charge in [-0.05, 0) is 12.8 Å². The predicted molar refractivity (Wildman–Crippen MR) is 54.9 cm³/mol. The summed E-state index contributed by atoms with van der Waals surface area (Å²) in [5.41, 5.74) is 1.09. The molecular formula is C10H17N3. The molecule has 1 aromatic rings. The van der Waals surface area contributed by atoms with Crippen LogP contribution in [0.4, 0.5) is 5.82 Å². The van der Waals surface area contributed by atoms with Crippen LogP contribution in [0.5, 0.6) is 0 Å². The van der Waals surface area contributed by atoms with Gasteiger partial charge in [-0.2, -0.15) is 0 Å². The lowest BCUT2D eigenvalue weighted by Gasteiger charge is -2.14. The van der Waals surface area contributed by atoms with E-state index in [1.54, 1.807) is 12.4 Å². The number of anilines is 1. The summed E-state index contributed by atoms with van der Waals surface area (Å²) in [7, 11) is 1.88. The Morgan fingerprint density at radius 2 is 1.85 bits per heavy atom. The van der Waals surface area contributed by atoms with Crippen LogP contribution in [0.2, 0.25) is 0 Å². The quantitative estimate of drug-likeness (QED) is 0.771. The normalized spacial score (nSPS) is 10.5. The molecule has 13 heavy (non-hydrogen) atoms. The first-order chi connectivity index (χ1) is 6.33. The minimum absolute atomic E-state index is 0.524. The molecule has 0 radical (unpaired) electrons. The van der Waals surface area contributed by atoms with E-state index in [2.05, 4.69) is 29.1 Å². The van der Waals surface area contributed by atoms with Crippen LogP contribution < -0.4 is 5.32 Å². The highest BCUT2D eigenvalue weighted by Crippen LogP contribution is 2.25. The number of hydrogen-bond donors (Lipinski definition) is 1. The molecule has 0 aliphatic rings. The first-order valence-electron chi connectivity index (χ1n) is 4.82. The fourth-order valence-corrected chi connectivity index (χ4v) is 1.52. The molecule has 1 rings (SSSR count). The number of rotatable bonds is 4. The summed E-state index contributed by atoms with van der Waals surface area (Å²) >= 11 is 0. The van der Waals surface area contributed by atoms with Gasteiger partial charge in [0.15, 0.2) is 0 Å². The van der Waals surface area contributed by atoms with Crippen molar-refractivity contribution in [3.63, 3.8) is 0 Å². The molecule has 0 amide bonds. The van der Waals surface area contributed by atoms with E-state index in [1.807, 2.05) is 7.05 Å². The van der Waals surface area contributed by atoms with E-state index in [-0.39, 0.29) is 0 Å². The molecule has 0 spiro atoms. The van der Waals surface area contributed by atoms with Crippen molar-refractivity contribution < 1.29 is 0 Å². The van der Waals surface area contributed by atoms with Crippen LogP contribution in [0.15, 0.2) is 12.4 Å². The van der Waals surface area contributed by atoms with Gasteiger partial charge in [0, 0.05) is 25.4 Å². The van der Waals surface area contributed by atoms with Crippen LogP contribution in [0.1, 0.15) is 38.3 Å². The van der Waals surface area contributed by atoms with E-state index in [1.165, 1.54) is 0 Å². The van der Waals surface area contributed by atoms with Gasteiger partial charge in [0.1, 0.15) is 5.82 Å². The molecule has 0 saturated carbocycles. The summed E-state index contributed by atoms with van der Waals surface area (Å²) in [6.07, 6.45) is 5.71. The molecular weight excluding hydrogens is 162 g/mol. The summed E-state index contributed by atoms with van der Waals surface area (Å²) < 4.78 is 0. The van der Waals surface area contributed by atoms with Gasteiger partial charge in [-0.25, -0.2) is 4.98 Å². The highest BCUT2D eigenvalue weighted by atomic mass is 15.0. The van der Waals surface area contributed by atoms with Crippen molar-refractivity contribution in [1.82, 2.24) is 9.97 Å². The second-order valence-corrected chi connectivity index (χ2v) is 3.05. The Balaban J connectivity index is 2.96. The smallest absolute Gasteiger partial charge is 0.147 e. The van der Waals surface area contributed by atoms with Crippen LogP contribution >= 0.6 is 0 Å². The van der Waals surface area contributed by atoms with Crippen molar-refractivity contribution in [2.75, 3.05) is 12.4 Å². The van der Waals surface area contributed by atoms with Crippen molar-refractivity contribution in [2.45, 2.75) is 32.6 Å². The number of hydrogen-bond acceptors (Lipinski definition) is 3. The van der Waals surface area contributed by atoms with Crippen molar-refractivity contribution in [3.8, 4) is 0 Å². The summed E-state index contributed by atoms with van der Waals surface area (Å²) in [6.45, 7) is 4.37. The Bertz CT molecular complexity index is 256. The number of aromatic nitrogens is 2. The minimum atomic E-state index is 0.524. The molecule has 1 heterocycles. The van der Waals surface area contributed by atoms with Gasteiger partial charge in [-0.15, -0.1) is 0 Å². The van der Waals surface area contributed by atoms with Gasteiger partial charge in [0.25, 0.3) is 0 Å². The first kappa shape index (κ1) is 9.96. The fraction of sp³-hybridized carbons (Fsp3) is 0.600. The molecule has 1 aromatic heterocycles. The Morgan fingerprint density at radius 3 is 2.38 bits per heavy atom. The van der Waals surface area contributed by atoms with Gasteiger partial charge in [-0.1, -0.05) is 13.8 Å². The van der Waals surface area contributed by atoms with Crippen LogP contribution in [0.25, 0.3) is 0 Å². The maximum Gasteiger partial charge on any atom is 0.147 e. The Morgan fingerprint density at radius 1 is 1.23 bits per heavy atom. The predicted octanol–water partition coefficient (Wildman–Crippen LogP) is 2.42. The summed E-state index contributed by atoms with van der Waals surface area (Å²) in [6, 6.07) is 0. The third kappa shape index (κ3) is 2.17. The van der Waals surface area contributed by atoms with E-state index in [0.29, 0.717) is 5.92 Å². The van der Waals surface area contributed by atoms with Gasteiger partial charge in [0.2, 0.25) is 0 Å². The highest BCUT2D eigenvalue weighted by molar-refractivity contribution is 5.40. The molecule has 3 heteroatoms. The molecule has 72 valence electrons. The maximum atomic E-state index is 4.37. The highest BCUT2D eigenvalue weighted by Gasteiger charge is 2.12. The molecule has 0 aliphatic heterocycles. The van der Waals surface area contributed by atoms with E-state index in [4.69, 9.17) is 0 Å². The molecule has 0 aliphatic carbocycles. The zero-order valence-corrected chi connectivity index (χ0v) is 8.54. The third-order valence-corrected chi connectivity index (χ3v) is 2.34. The average Bonchev–Trinajstić information content (AvgIpc) is 2.20. The van der Waals surface area contributed by atoms with Crippen molar-refractivity contribution in [2.24, 2.45) is 0 Å². The molecule has 0 unspecified atom stereocenters. The van der Waals surface area contributed by atoms with Gasteiger partial charge in [-0.3, -0.25) is 4.98 Å². The second kappa shape index (κ2) is 4.80. The van der Waals surface area contributed by atoms with E-state index < -0.39 is 0 Å². The molecule has 3 nitrogen and oxygen atoms in total. The molecule has 0 aromatic carbocycles. The SMILES string of the molecule is CCC(CC)c1nccnc1NC. The van der Waals surface area contributed by atoms with Gasteiger partial charge < -0.3 is 5.32 Å². The van der Waals surface area contributed by atoms with Gasteiger partial charge >= 0.3 is 0 Å². The van der Waals surface area contributed by atoms with E-state index >= 15 is 0 Å². The zero-order valence-electron chi connectivity index (χ0n) is 8.54. The lowest BCUT2D eigenvalue weighted by Crippen LogP contribution is -2.05. The standard InChI is InChI=1S/C10H17N3/c1-4-8(5-2)9-10(11-3)13-7-6-12-9/h6-8H,4-5H2,1-3H3,(H,11,13). The van der Waals surface area contributed by atoms with Crippen LogP contribution in [-0.2, 0) is 0 Å². The zero-order chi connectivity index (χ0) is 9.68. The largest absolute Gasteiger partial charge is 0.372 e. The third-order valence-electron chi connectivity index (χ3n) is 2.34. The summed E-state index contributed by atoms with van der Waals surface area (Å²) in [5, 5.41) is 3.07. The molecule has 1 N–H and O–H groups in total. The first-order valence-corrected chi connectivity index (χ1v) is 4.82. The molecule has 0 atom stereocenters. The Hall–Kier alpha value is -1.12. The molecule has 0 bridgehead atoms. The van der Waals surface area contributed by atoms with E-state index in [0.717, 1.165) is 24.4 Å². The molecule has 0 fully saturated rings. The fourth-order valence-electron chi connectivity index (χ4n) is 1.52. The monoisotopic (exact) mass is 179 g/mol. The maximum absolute atomic E-state index is 4.37. The average molecular weight is 179 g/mol. The molecule has 0 saturated heterocycles. The minimum Gasteiger partial charge on any atom is -0.372 e.